The largest absolute Gasteiger partial charge is 0.493 e. The van der Waals surface area contributed by atoms with E-state index in [4.69, 9.17) is 4.74 Å². The second-order valence-corrected chi connectivity index (χ2v) is 7.51. The van der Waals surface area contributed by atoms with Gasteiger partial charge in [-0.15, -0.1) is 0 Å². The Hall–Kier alpha value is -0.670. The molecule has 0 heterocycles. The second kappa shape index (κ2) is 8.58. The molecule has 0 spiro atoms. The molecular weight excluding hydrogens is 266 g/mol. The van der Waals surface area contributed by atoms with E-state index in [1.165, 1.54) is 22.6 Å². The first-order valence-corrected chi connectivity index (χ1v) is 8.63. The molecule has 20 heavy (non-hydrogen) atoms. The lowest BCUT2D eigenvalue weighted by atomic mass is 10.1. The molecule has 0 aromatic heterocycles. The number of hydrogen-bond acceptors (Lipinski definition) is 3. The van der Waals surface area contributed by atoms with E-state index in [2.05, 4.69) is 58.1 Å². The summed E-state index contributed by atoms with van der Waals surface area (Å²) in [4.78, 5) is 0. The molecule has 3 heteroatoms. The number of thioether (sulfide) groups is 1. The fourth-order valence-corrected chi connectivity index (χ4v) is 2.45. The Kier molecular flexibility index (Phi) is 7.46. The van der Waals surface area contributed by atoms with Gasteiger partial charge in [-0.2, -0.15) is 11.8 Å². The standard InChI is InChI=1S/C17H29NOS/c1-6-20-11-7-10-19-16-9-8-14(2)12-15(16)13-18-17(3,4)5/h8-9,12,18H,6-7,10-11,13H2,1-5H3. The van der Waals surface area contributed by atoms with E-state index in [0.717, 1.165) is 25.3 Å². The summed E-state index contributed by atoms with van der Waals surface area (Å²) in [6.45, 7) is 12.5. The van der Waals surface area contributed by atoms with Crippen molar-refractivity contribution in [3.63, 3.8) is 0 Å². The molecular formula is C17H29NOS. The highest BCUT2D eigenvalue weighted by Gasteiger charge is 2.11. The van der Waals surface area contributed by atoms with Crippen molar-refractivity contribution in [1.29, 1.82) is 0 Å². The summed E-state index contributed by atoms with van der Waals surface area (Å²) in [5.74, 6) is 3.39. The van der Waals surface area contributed by atoms with Gasteiger partial charge in [-0.3, -0.25) is 0 Å². The molecule has 0 fully saturated rings. The number of ether oxygens (including phenoxy) is 1. The third kappa shape index (κ3) is 7.20. The fraction of sp³-hybridized carbons (Fsp3) is 0.647. The Labute approximate surface area is 128 Å². The smallest absolute Gasteiger partial charge is 0.123 e. The van der Waals surface area contributed by atoms with Crippen LogP contribution in [0.4, 0.5) is 0 Å². The number of rotatable bonds is 8. The van der Waals surface area contributed by atoms with Gasteiger partial charge in [0.2, 0.25) is 0 Å². The molecule has 114 valence electrons. The summed E-state index contributed by atoms with van der Waals surface area (Å²) in [7, 11) is 0. The van der Waals surface area contributed by atoms with Gasteiger partial charge in [0, 0.05) is 17.6 Å². The third-order valence-corrected chi connectivity index (χ3v) is 3.91. The summed E-state index contributed by atoms with van der Waals surface area (Å²) >= 11 is 1.97. The Bertz CT molecular complexity index is 398. The van der Waals surface area contributed by atoms with Crippen molar-refractivity contribution in [2.75, 3.05) is 18.1 Å². The Morgan fingerprint density at radius 3 is 2.65 bits per heavy atom. The summed E-state index contributed by atoms with van der Waals surface area (Å²) in [6.07, 6.45) is 1.11. The lowest BCUT2D eigenvalue weighted by Crippen LogP contribution is -2.35. The maximum Gasteiger partial charge on any atom is 0.123 e. The first kappa shape index (κ1) is 17.4. The summed E-state index contributed by atoms with van der Waals surface area (Å²) < 4.78 is 5.95. The Morgan fingerprint density at radius 2 is 2.00 bits per heavy atom. The maximum atomic E-state index is 5.95. The molecule has 0 bridgehead atoms. The molecule has 1 rings (SSSR count). The van der Waals surface area contributed by atoms with Gasteiger partial charge in [-0.05, 0) is 51.7 Å². The first-order valence-electron chi connectivity index (χ1n) is 7.47. The Morgan fingerprint density at radius 1 is 1.25 bits per heavy atom. The second-order valence-electron chi connectivity index (χ2n) is 6.11. The quantitative estimate of drug-likeness (QED) is 0.718. The maximum absolute atomic E-state index is 5.95. The van der Waals surface area contributed by atoms with Gasteiger partial charge < -0.3 is 10.1 Å². The zero-order chi connectivity index (χ0) is 15.0. The van der Waals surface area contributed by atoms with Gasteiger partial charge in [0.1, 0.15) is 5.75 Å². The highest BCUT2D eigenvalue weighted by Crippen LogP contribution is 2.21. The van der Waals surface area contributed by atoms with Crippen LogP contribution in [0.2, 0.25) is 0 Å². The molecule has 0 unspecified atom stereocenters. The average Bonchev–Trinajstić information content (AvgIpc) is 2.37. The van der Waals surface area contributed by atoms with Gasteiger partial charge in [-0.25, -0.2) is 0 Å². The molecule has 0 radical (unpaired) electrons. The van der Waals surface area contributed by atoms with Crippen LogP contribution in [0.15, 0.2) is 18.2 Å². The zero-order valence-electron chi connectivity index (χ0n) is 13.6. The van der Waals surface area contributed by atoms with Gasteiger partial charge >= 0.3 is 0 Å². The van der Waals surface area contributed by atoms with Crippen LogP contribution in [0.5, 0.6) is 5.75 Å². The van der Waals surface area contributed by atoms with E-state index in [0.29, 0.717) is 0 Å². The molecule has 0 aliphatic carbocycles. The normalized spacial score (nSPS) is 11.7. The van der Waals surface area contributed by atoms with E-state index >= 15 is 0 Å². The van der Waals surface area contributed by atoms with Crippen LogP contribution in [-0.4, -0.2) is 23.7 Å². The van der Waals surface area contributed by atoms with Gasteiger partial charge in [0.15, 0.2) is 0 Å². The zero-order valence-corrected chi connectivity index (χ0v) is 14.4. The summed E-state index contributed by atoms with van der Waals surface area (Å²) in [5, 5.41) is 3.53. The van der Waals surface area contributed by atoms with Crippen molar-refractivity contribution >= 4 is 11.8 Å². The fourth-order valence-electron chi connectivity index (χ4n) is 1.84. The van der Waals surface area contributed by atoms with E-state index in [1.54, 1.807) is 0 Å². The van der Waals surface area contributed by atoms with Crippen LogP contribution in [0.1, 0.15) is 45.2 Å². The minimum absolute atomic E-state index is 0.124. The molecule has 0 amide bonds. The lowest BCUT2D eigenvalue weighted by Gasteiger charge is -2.22. The SMILES string of the molecule is CCSCCCOc1ccc(C)cc1CNC(C)(C)C. The van der Waals surface area contributed by atoms with E-state index in [9.17, 15) is 0 Å². The van der Waals surface area contributed by atoms with Crippen LogP contribution in [0, 0.1) is 6.92 Å². The van der Waals surface area contributed by atoms with E-state index < -0.39 is 0 Å². The monoisotopic (exact) mass is 295 g/mol. The number of benzene rings is 1. The third-order valence-electron chi connectivity index (χ3n) is 2.92. The van der Waals surface area contributed by atoms with Crippen LogP contribution in [0.3, 0.4) is 0 Å². The van der Waals surface area contributed by atoms with Gasteiger partial charge in [0.25, 0.3) is 0 Å². The molecule has 0 saturated heterocycles. The highest BCUT2D eigenvalue weighted by molar-refractivity contribution is 7.99. The van der Waals surface area contributed by atoms with Crippen molar-refractivity contribution in [2.24, 2.45) is 0 Å². The van der Waals surface area contributed by atoms with Crippen molar-refractivity contribution in [3.05, 3.63) is 29.3 Å². The first-order chi connectivity index (χ1) is 9.42. The van der Waals surface area contributed by atoms with Crippen LogP contribution in [-0.2, 0) is 6.54 Å². The number of aryl methyl sites for hydroxylation is 1. The topological polar surface area (TPSA) is 21.3 Å². The summed E-state index contributed by atoms with van der Waals surface area (Å²) in [5.41, 5.74) is 2.66. The molecule has 0 aliphatic heterocycles. The molecule has 0 saturated carbocycles. The van der Waals surface area contributed by atoms with Gasteiger partial charge in [-0.1, -0.05) is 24.6 Å². The molecule has 1 N–H and O–H groups in total. The average molecular weight is 295 g/mol. The van der Waals surface area contributed by atoms with Crippen molar-refractivity contribution in [2.45, 2.75) is 53.1 Å². The van der Waals surface area contributed by atoms with Crippen LogP contribution >= 0.6 is 11.8 Å². The lowest BCUT2D eigenvalue weighted by molar-refractivity contribution is 0.312. The predicted octanol–water partition coefficient (Wildman–Crippen LogP) is 4.41. The minimum atomic E-state index is 0.124. The highest BCUT2D eigenvalue weighted by atomic mass is 32.2. The van der Waals surface area contributed by atoms with Gasteiger partial charge in [0.05, 0.1) is 6.61 Å². The van der Waals surface area contributed by atoms with E-state index in [-0.39, 0.29) is 5.54 Å². The number of nitrogens with one attached hydrogen (secondary N) is 1. The van der Waals surface area contributed by atoms with Crippen molar-refractivity contribution in [3.8, 4) is 5.75 Å². The van der Waals surface area contributed by atoms with E-state index in [1.807, 2.05) is 11.8 Å². The number of hydrogen-bond donors (Lipinski definition) is 1. The van der Waals surface area contributed by atoms with Crippen molar-refractivity contribution in [1.82, 2.24) is 5.32 Å². The Balaban J connectivity index is 2.56. The minimum Gasteiger partial charge on any atom is -0.493 e. The molecule has 2 nitrogen and oxygen atoms in total. The predicted molar refractivity (Wildman–Crippen MR) is 90.9 cm³/mol. The van der Waals surface area contributed by atoms with Crippen molar-refractivity contribution < 1.29 is 4.74 Å². The molecule has 0 atom stereocenters. The van der Waals surface area contributed by atoms with Crippen LogP contribution in [0.25, 0.3) is 0 Å². The molecule has 1 aromatic rings. The summed E-state index contributed by atoms with van der Waals surface area (Å²) in [6, 6.07) is 6.44. The van der Waals surface area contributed by atoms with Crippen LogP contribution < -0.4 is 10.1 Å². The molecule has 0 aliphatic rings. The molecule has 1 aromatic carbocycles.